The van der Waals surface area contributed by atoms with E-state index < -0.39 is 20.6 Å². The minimum absolute atomic E-state index is 0. The minimum Gasteiger partial charge on any atom is -0.726 e. The zero-order valence-electron chi connectivity index (χ0n) is 7.92. The molecule has 0 atom stereocenters. The second-order valence-electron chi connectivity index (χ2n) is 0.903. The Balaban J connectivity index is -0.0000000216. The van der Waals surface area contributed by atoms with E-state index >= 15 is 0 Å². The quantitative estimate of drug-likeness (QED) is 0.0931. The SMILES string of the molecule is N.N.O=S(=O)([O-])O.O=[N+]([O-])O.O=[N+]([O-])O.[K+]. The maximum Gasteiger partial charge on any atom is 1.00 e. The Morgan fingerprint density at radius 2 is 0.938 bits per heavy atom. The molecule has 0 fully saturated rings. The molecule has 96 valence electrons. The standard InChI is InChI=1S/K.2HNO3.2H3N.H2O4S/c;2*2-1(3)4;;;1-5(2,3)4/h;2*(H,2,3,4);2*1H3;(H2,1,2,3,4)/q+1;;;;;/p-1. The molecule has 0 spiro atoms. The Hall–Kier alpha value is -0.174. The molecule has 16 heavy (non-hydrogen) atoms. The molecule has 0 aromatic carbocycles. The van der Waals surface area contributed by atoms with Crippen molar-refractivity contribution in [3.8, 4) is 0 Å². The van der Waals surface area contributed by atoms with Gasteiger partial charge in [-0.3, -0.25) is 4.55 Å². The summed E-state index contributed by atoms with van der Waals surface area (Å²) in [5, 5.41) is 27.3. The summed E-state index contributed by atoms with van der Waals surface area (Å²) in [5.74, 6) is 0. The van der Waals surface area contributed by atoms with Crippen molar-refractivity contribution in [3.63, 3.8) is 0 Å². The summed E-state index contributed by atoms with van der Waals surface area (Å²) in [6, 6.07) is 0. The average molecular weight is 296 g/mol. The smallest absolute Gasteiger partial charge is 0.726 e. The first-order valence-corrected chi connectivity index (χ1v) is 3.18. The van der Waals surface area contributed by atoms with Gasteiger partial charge in [0.25, 0.3) is 10.2 Å². The molecule has 0 bridgehead atoms. The average Bonchev–Trinajstić information content (AvgIpc) is 1.50. The molecule has 0 saturated carbocycles. The van der Waals surface area contributed by atoms with E-state index in [4.69, 9.17) is 48.2 Å². The minimum atomic E-state index is -4.92. The molecule has 0 saturated heterocycles. The topological polar surface area (TPSA) is 274 Å². The van der Waals surface area contributed by atoms with Crippen LogP contribution in [0.2, 0.25) is 0 Å². The van der Waals surface area contributed by atoms with Crippen molar-refractivity contribution in [2.24, 2.45) is 0 Å². The summed E-state index contributed by atoms with van der Waals surface area (Å²) >= 11 is 0. The summed E-state index contributed by atoms with van der Waals surface area (Å²) in [6.07, 6.45) is 0. The van der Waals surface area contributed by atoms with E-state index in [9.17, 15) is 0 Å². The zero-order chi connectivity index (χ0) is 11.7. The van der Waals surface area contributed by atoms with Crippen LogP contribution in [0.3, 0.4) is 0 Å². The van der Waals surface area contributed by atoms with Crippen LogP contribution >= 0.6 is 0 Å². The molecule has 0 aliphatic carbocycles. The molecule has 16 heteroatoms. The molecule has 0 rings (SSSR count). The molecule has 0 heterocycles. The van der Waals surface area contributed by atoms with Gasteiger partial charge in [-0.05, 0) is 0 Å². The third-order valence-corrected chi connectivity index (χ3v) is 0. The first-order chi connectivity index (χ1) is 5.46. The van der Waals surface area contributed by atoms with Crippen LogP contribution in [0.1, 0.15) is 0 Å². The van der Waals surface area contributed by atoms with Gasteiger partial charge in [0.2, 0.25) is 10.4 Å². The number of hydrogen-bond donors (Lipinski definition) is 5. The molecule has 0 aromatic rings. The number of hydrogen-bond acceptors (Lipinski definition) is 9. The maximum atomic E-state index is 8.63. The van der Waals surface area contributed by atoms with Crippen LogP contribution < -0.4 is 63.7 Å². The summed E-state index contributed by atoms with van der Waals surface area (Å²) in [4.78, 5) is 16.7. The molecule has 0 aliphatic heterocycles. The maximum absolute atomic E-state index is 8.63. The van der Waals surface area contributed by atoms with Gasteiger partial charge in [0, 0.05) is 0 Å². The van der Waals surface area contributed by atoms with Crippen LogP contribution in [0.15, 0.2) is 0 Å². The molecule has 0 aromatic heterocycles. The van der Waals surface area contributed by atoms with E-state index in [1.807, 2.05) is 0 Å². The fraction of sp³-hybridized carbons (Fsp3) is 0. The first kappa shape index (κ1) is 36.0. The Bertz CT molecular complexity index is 218. The zero-order valence-corrected chi connectivity index (χ0v) is 11.9. The van der Waals surface area contributed by atoms with Crippen LogP contribution in [-0.4, -0.2) is 38.1 Å². The summed E-state index contributed by atoms with van der Waals surface area (Å²) in [5.41, 5.74) is 0. The normalized spacial score (nSPS) is 6.62. The molecule has 14 nitrogen and oxygen atoms in total. The molecule has 9 N–H and O–H groups in total. The second kappa shape index (κ2) is 20.3. The fourth-order valence-electron chi connectivity index (χ4n) is 0. The van der Waals surface area contributed by atoms with Crippen molar-refractivity contribution in [3.05, 3.63) is 20.2 Å². The Morgan fingerprint density at radius 1 is 0.938 bits per heavy atom. The van der Waals surface area contributed by atoms with Crippen molar-refractivity contribution < 1.29 is 89.5 Å². The van der Waals surface area contributed by atoms with Gasteiger partial charge in [-0.15, -0.1) is 20.2 Å². The van der Waals surface area contributed by atoms with Gasteiger partial charge in [-0.2, -0.15) is 0 Å². The van der Waals surface area contributed by atoms with Crippen molar-refractivity contribution in [2.45, 2.75) is 0 Å². The van der Waals surface area contributed by atoms with Gasteiger partial charge in [-0.25, -0.2) is 8.42 Å². The van der Waals surface area contributed by atoms with Crippen LogP contribution in [-0.2, 0) is 10.4 Å². The monoisotopic (exact) mass is 296 g/mol. The summed E-state index contributed by atoms with van der Waals surface area (Å²) in [7, 11) is -4.92. The van der Waals surface area contributed by atoms with Crippen LogP contribution in [0.4, 0.5) is 0 Å². The van der Waals surface area contributed by atoms with E-state index in [0.717, 1.165) is 0 Å². The Labute approximate surface area is 131 Å². The Kier molecular flexibility index (Phi) is 45.6. The fourth-order valence-corrected chi connectivity index (χ4v) is 0. The third kappa shape index (κ3) is 75400. The first-order valence-electron chi connectivity index (χ1n) is 1.81. The van der Waals surface area contributed by atoms with Crippen LogP contribution in [0.25, 0.3) is 0 Å². The van der Waals surface area contributed by atoms with Gasteiger partial charge >= 0.3 is 51.4 Å². The summed E-state index contributed by atoms with van der Waals surface area (Å²) < 4.78 is 32.8. The van der Waals surface area contributed by atoms with Gasteiger partial charge in [0.05, 0.1) is 0 Å². The van der Waals surface area contributed by atoms with Gasteiger partial charge < -0.3 is 27.3 Å². The third-order valence-electron chi connectivity index (χ3n) is 0. The van der Waals surface area contributed by atoms with E-state index in [1.165, 1.54) is 0 Å². The molecule has 0 aliphatic rings. The number of nitrogens with zero attached hydrogens (tertiary/aromatic N) is 2. The van der Waals surface area contributed by atoms with Gasteiger partial charge in [-0.1, -0.05) is 0 Å². The number of rotatable bonds is 0. The Morgan fingerprint density at radius 3 is 0.938 bits per heavy atom. The van der Waals surface area contributed by atoms with Crippen molar-refractivity contribution in [2.75, 3.05) is 0 Å². The molecule has 0 radical (unpaired) electrons. The largest absolute Gasteiger partial charge is 1.00 e. The van der Waals surface area contributed by atoms with Gasteiger partial charge in [0.1, 0.15) is 0 Å². The predicted octanol–water partition coefficient (Wildman–Crippen LogP) is -4.36. The molecular formula is H9KN4O10S. The molecule has 0 amide bonds. The van der Waals surface area contributed by atoms with E-state index in [2.05, 4.69) is 0 Å². The predicted molar refractivity (Wildman–Crippen MR) is 39.9 cm³/mol. The van der Waals surface area contributed by atoms with E-state index in [0.29, 0.717) is 0 Å². The van der Waals surface area contributed by atoms with Crippen molar-refractivity contribution in [1.82, 2.24) is 12.3 Å². The second-order valence-corrected chi connectivity index (χ2v) is 1.76. The molecule has 0 unspecified atom stereocenters. The van der Waals surface area contributed by atoms with Crippen LogP contribution in [0, 0.1) is 20.2 Å². The van der Waals surface area contributed by atoms with E-state index in [-0.39, 0.29) is 63.7 Å². The van der Waals surface area contributed by atoms with Crippen LogP contribution in [0.5, 0.6) is 0 Å². The van der Waals surface area contributed by atoms with Crippen molar-refractivity contribution >= 4 is 10.4 Å². The van der Waals surface area contributed by atoms with E-state index in [1.54, 1.807) is 0 Å². The summed E-state index contributed by atoms with van der Waals surface area (Å²) in [6.45, 7) is 0. The van der Waals surface area contributed by atoms with Gasteiger partial charge in [0.15, 0.2) is 0 Å². The van der Waals surface area contributed by atoms with Crippen molar-refractivity contribution in [1.29, 1.82) is 0 Å². The molecular weight excluding hydrogens is 287 g/mol.